The molecule has 1 saturated heterocycles. The van der Waals surface area contributed by atoms with Crippen LogP contribution in [0.3, 0.4) is 0 Å². The Kier molecular flexibility index (Phi) is 4.37. The zero-order valence-electron chi connectivity index (χ0n) is 13.7. The van der Waals surface area contributed by atoms with Crippen LogP contribution in [0.25, 0.3) is 0 Å². The lowest BCUT2D eigenvalue weighted by Gasteiger charge is -2.35. The number of hydrogen-bond acceptors (Lipinski definition) is 6. The lowest BCUT2D eigenvalue weighted by molar-refractivity contribution is 0.0240. The van der Waals surface area contributed by atoms with Crippen molar-refractivity contribution in [1.29, 1.82) is 0 Å². The molecule has 0 N–H and O–H groups in total. The minimum atomic E-state index is -0.946. The summed E-state index contributed by atoms with van der Waals surface area (Å²) in [5, 5.41) is 0. The van der Waals surface area contributed by atoms with Gasteiger partial charge in [0, 0.05) is 32.6 Å². The van der Waals surface area contributed by atoms with E-state index in [0.29, 0.717) is 37.9 Å². The van der Waals surface area contributed by atoms with Crippen LogP contribution in [-0.4, -0.2) is 63.0 Å². The fourth-order valence-electron chi connectivity index (χ4n) is 2.63. The Morgan fingerprint density at radius 3 is 2.65 bits per heavy atom. The largest absolute Gasteiger partial charge is 0.611 e. The first-order chi connectivity index (χ1) is 10.8. The molecule has 2 aliphatic rings. The Morgan fingerprint density at radius 2 is 2.00 bits per heavy atom. The highest BCUT2D eigenvalue weighted by atomic mass is 32.2. The minimum absolute atomic E-state index is 0.276. The fourth-order valence-corrected chi connectivity index (χ4v) is 3.81. The summed E-state index contributed by atoms with van der Waals surface area (Å²) in [4.78, 5) is 25.5. The summed E-state index contributed by atoms with van der Waals surface area (Å²) in [5.41, 5.74) is 0.412. The number of anilines is 1. The summed E-state index contributed by atoms with van der Waals surface area (Å²) in [6.07, 6.45) is 2.15. The van der Waals surface area contributed by atoms with E-state index < -0.39 is 16.8 Å². The topological polar surface area (TPSA) is 81.6 Å². The molecule has 1 aromatic heterocycles. The van der Waals surface area contributed by atoms with Gasteiger partial charge in [-0.1, -0.05) is 0 Å². The molecule has 0 saturated carbocycles. The quantitative estimate of drug-likeness (QED) is 0.716. The summed E-state index contributed by atoms with van der Waals surface area (Å²) < 4.78 is 17.1. The van der Waals surface area contributed by atoms with E-state index in [-0.39, 0.29) is 6.09 Å². The van der Waals surface area contributed by atoms with E-state index in [4.69, 9.17) is 4.74 Å². The van der Waals surface area contributed by atoms with Gasteiger partial charge < -0.3 is 19.1 Å². The summed E-state index contributed by atoms with van der Waals surface area (Å²) >= 11 is -0.946. The van der Waals surface area contributed by atoms with Crippen molar-refractivity contribution in [3.63, 3.8) is 0 Å². The van der Waals surface area contributed by atoms with Gasteiger partial charge in [0.1, 0.15) is 17.0 Å². The van der Waals surface area contributed by atoms with E-state index in [2.05, 4.69) is 14.9 Å². The molecule has 1 atom stereocenters. The smallest absolute Gasteiger partial charge is 0.410 e. The number of amides is 1. The van der Waals surface area contributed by atoms with Crippen molar-refractivity contribution >= 4 is 23.2 Å². The van der Waals surface area contributed by atoms with Crippen LogP contribution in [0.2, 0.25) is 0 Å². The number of aryl methyl sites for hydroxylation is 1. The molecule has 0 aromatic carbocycles. The van der Waals surface area contributed by atoms with Crippen LogP contribution >= 0.6 is 0 Å². The highest BCUT2D eigenvalue weighted by molar-refractivity contribution is 7.91. The molecular formula is C15H22N4O3S. The zero-order valence-corrected chi connectivity index (χ0v) is 14.6. The molecule has 0 spiro atoms. The van der Waals surface area contributed by atoms with Gasteiger partial charge in [-0.25, -0.2) is 14.8 Å². The number of hydrogen-bond donors (Lipinski definition) is 0. The van der Waals surface area contributed by atoms with E-state index in [0.717, 1.165) is 17.0 Å². The zero-order chi connectivity index (χ0) is 16.6. The molecule has 0 radical (unpaired) electrons. The number of ether oxygens (including phenoxy) is 1. The third-order valence-electron chi connectivity index (χ3n) is 3.80. The highest BCUT2D eigenvalue weighted by Gasteiger charge is 2.30. The second-order valence-corrected chi connectivity index (χ2v) is 8.27. The third-order valence-corrected chi connectivity index (χ3v) is 5.21. The molecular weight excluding hydrogens is 316 g/mol. The van der Waals surface area contributed by atoms with Gasteiger partial charge in [-0.3, -0.25) is 0 Å². The SMILES string of the molecule is CC(C)(C)OC(=O)N1CCN(c2ncc3c(n2)CC[S+]3[O-])CC1. The number of aromatic nitrogens is 2. The summed E-state index contributed by atoms with van der Waals surface area (Å²) in [6, 6.07) is 0. The normalized spacial score (nSPS) is 21.3. The first-order valence-corrected chi connectivity index (χ1v) is 9.12. The van der Waals surface area contributed by atoms with Gasteiger partial charge in [0.25, 0.3) is 0 Å². The van der Waals surface area contributed by atoms with E-state index in [1.165, 1.54) is 0 Å². The molecule has 0 aliphatic carbocycles. The van der Waals surface area contributed by atoms with Gasteiger partial charge in [-0.2, -0.15) is 0 Å². The van der Waals surface area contributed by atoms with Crippen LogP contribution in [0.5, 0.6) is 0 Å². The van der Waals surface area contributed by atoms with Gasteiger partial charge >= 0.3 is 6.09 Å². The maximum Gasteiger partial charge on any atom is 0.410 e. The molecule has 2 aliphatic heterocycles. The second-order valence-electron chi connectivity index (χ2n) is 6.74. The van der Waals surface area contributed by atoms with Crippen LogP contribution in [0, 0.1) is 0 Å². The van der Waals surface area contributed by atoms with Crippen molar-refractivity contribution in [2.45, 2.75) is 37.7 Å². The molecule has 7 nitrogen and oxygen atoms in total. The first-order valence-electron chi connectivity index (χ1n) is 7.81. The number of nitrogens with zero attached hydrogens (tertiary/aromatic N) is 4. The standard InChI is InChI=1S/C15H22N4O3S/c1-15(2,3)22-14(20)19-7-5-18(6-8-19)13-16-10-12-11(17-13)4-9-23(12)21/h10H,4-9H2,1-3H3. The van der Waals surface area contributed by atoms with Gasteiger partial charge in [-0.15, -0.1) is 0 Å². The monoisotopic (exact) mass is 338 g/mol. The van der Waals surface area contributed by atoms with Crippen molar-refractivity contribution in [2.75, 3.05) is 36.8 Å². The molecule has 8 heteroatoms. The van der Waals surface area contributed by atoms with Crippen LogP contribution in [-0.2, 0) is 22.3 Å². The Labute approximate surface area is 139 Å². The minimum Gasteiger partial charge on any atom is -0.611 e. The van der Waals surface area contributed by atoms with Gasteiger partial charge in [-0.05, 0) is 31.9 Å². The van der Waals surface area contributed by atoms with E-state index in [1.54, 1.807) is 11.1 Å². The van der Waals surface area contributed by atoms with Crippen LogP contribution < -0.4 is 4.90 Å². The van der Waals surface area contributed by atoms with Gasteiger partial charge in [0.2, 0.25) is 5.95 Å². The lowest BCUT2D eigenvalue weighted by atomic mass is 10.2. The molecule has 126 valence electrons. The maximum atomic E-state index is 12.1. The molecule has 3 heterocycles. The van der Waals surface area contributed by atoms with E-state index >= 15 is 0 Å². The Balaban J connectivity index is 1.60. The average Bonchev–Trinajstić information content (AvgIpc) is 2.87. The predicted octanol–water partition coefficient (Wildman–Crippen LogP) is 1.20. The average molecular weight is 338 g/mol. The molecule has 1 fully saturated rings. The number of piperazine rings is 1. The van der Waals surface area contributed by atoms with Crippen molar-refractivity contribution in [3.05, 3.63) is 11.9 Å². The van der Waals surface area contributed by atoms with Crippen molar-refractivity contribution < 1.29 is 14.1 Å². The highest BCUT2D eigenvalue weighted by Crippen LogP contribution is 2.25. The molecule has 1 aromatic rings. The molecule has 0 bridgehead atoms. The van der Waals surface area contributed by atoms with Gasteiger partial charge in [0.05, 0.1) is 6.20 Å². The molecule has 3 rings (SSSR count). The number of carbonyl (C=O) groups excluding carboxylic acids is 1. The lowest BCUT2D eigenvalue weighted by Crippen LogP contribution is -2.50. The second kappa shape index (κ2) is 6.16. The van der Waals surface area contributed by atoms with Crippen molar-refractivity contribution in [3.8, 4) is 0 Å². The molecule has 23 heavy (non-hydrogen) atoms. The van der Waals surface area contributed by atoms with E-state index in [9.17, 15) is 9.35 Å². The van der Waals surface area contributed by atoms with E-state index in [1.807, 2.05) is 20.8 Å². The Morgan fingerprint density at radius 1 is 1.30 bits per heavy atom. The number of fused-ring (bicyclic) bond motifs is 1. The predicted molar refractivity (Wildman–Crippen MR) is 87.0 cm³/mol. The third kappa shape index (κ3) is 3.69. The summed E-state index contributed by atoms with van der Waals surface area (Å²) in [7, 11) is 0. The van der Waals surface area contributed by atoms with Crippen molar-refractivity contribution in [1.82, 2.24) is 14.9 Å². The molecule has 1 unspecified atom stereocenters. The Bertz CT molecular complexity index is 597. The maximum absolute atomic E-state index is 12.1. The van der Waals surface area contributed by atoms with Crippen molar-refractivity contribution in [2.24, 2.45) is 0 Å². The first kappa shape index (κ1) is 16.3. The summed E-state index contributed by atoms with van der Waals surface area (Å²) in [6.45, 7) is 8.10. The van der Waals surface area contributed by atoms with Crippen LogP contribution in [0.15, 0.2) is 11.1 Å². The fraction of sp³-hybridized carbons (Fsp3) is 0.667. The van der Waals surface area contributed by atoms with Crippen LogP contribution in [0.1, 0.15) is 26.5 Å². The molecule has 1 amide bonds. The van der Waals surface area contributed by atoms with Crippen LogP contribution in [0.4, 0.5) is 10.7 Å². The number of rotatable bonds is 1. The Hall–Kier alpha value is -1.54. The summed E-state index contributed by atoms with van der Waals surface area (Å²) in [5.74, 6) is 1.30. The number of carbonyl (C=O) groups is 1. The van der Waals surface area contributed by atoms with Gasteiger partial charge in [0.15, 0.2) is 4.90 Å².